The maximum atomic E-state index is 14.2. The number of benzene rings is 4. The van der Waals surface area contributed by atoms with Gasteiger partial charge < -0.3 is 10.2 Å². The van der Waals surface area contributed by atoms with Crippen LogP contribution in [-0.2, 0) is 34.5 Å². The minimum absolute atomic E-state index is 0.0103. The van der Waals surface area contributed by atoms with Gasteiger partial charge in [0.1, 0.15) is 5.69 Å². The fourth-order valence-corrected chi connectivity index (χ4v) is 7.28. The van der Waals surface area contributed by atoms with Gasteiger partial charge >= 0.3 is 0 Å². The number of carbonyl (C=O) groups is 2. The molecule has 1 fully saturated rings. The first-order chi connectivity index (χ1) is 23.2. The highest BCUT2D eigenvalue weighted by Crippen LogP contribution is 2.42. The predicted octanol–water partition coefficient (Wildman–Crippen LogP) is 8.14. The number of likely N-dealkylation sites (tertiary alicyclic amines) is 1. The molecule has 0 spiro atoms. The lowest BCUT2D eigenvalue weighted by molar-refractivity contribution is -0.168. The van der Waals surface area contributed by atoms with Crippen LogP contribution in [0.25, 0.3) is 0 Å². The molecule has 48 heavy (non-hydrogen) atoms. The van der Waals surface area contributed by atoms with Crippen molar-refractivity contribution in [3.05, 3.63) is 151 Å². The maximum absolute atomic E-state index is 14.2. The van der Waals surface area contributed by atoms with Gasteiger partial charge in [-0.25, -0.2) is 0 Å². The van der Waals surface area contributed by atoms with Crippen LogP contribution in [0.2, 0.25) is 20.1 Å². The topological polar surface area (TPSA) is 80.1 Å². The van der Waals surface area contributed by atoms with Crippen LogP contribution in [0.3, 0.4) is 0 Å². The number of aryl methyl sites for hydroxylation is 2. The fourth-order valence-electron chi connectivity index (χ4n) is 6.27. The number of amides is 2. The van der Waals surface area contributed by atoms with E-state index in [1.54, 1.807) is 40.2 Å². The summed E-state index contributed by atoms with van der Waals surface area (Å²) < 4.78 is 0. The molecular weight excluding hydrogens is 688 g/mol. The molecule has 1 saturated heterocycles. The van der Waals surface area contributed by atoms with Gasteiger partial charge in [0, 0.05) is 39.1 Å². The van der Waals surface area contributed by atoms with Crippen LogP contribution >= 0.6 is 46.4 Å². The van der Waals surface area contributed by atoms with E-state index in [0.717, 1.165) is 22.3 Å². The third-order valence-electron chi connectivity index (χ3n) is 8.84. The molecule has 2 amide bonds. The number of halogens is 4. The molecule has 0 radical (unpaired) electrons. The smallest absolute Gasteiger partial charge is 0.252 e. The SMILES string of the molecule is O=C1C[C@](C(=O)NCCc2ccc(Cl)cc2Cl)(c2cnn(CCc3ccc(Cl)cc3Cl)n2)N1CCC(c1ccccc1)c1ccccc1. The zero-order valence-corrected chi connectivity index (χ0v) is 29.0. The molecule has 7 nitrogen and oxygen atoms in total. The number of hydrogen-bond acceptors (Lipinski definition) is 4. The molecule has 0 aliphatic carbocycles. The van der Waals surface area contributed by atoms with Crippen LogP contribution in [0.5, 0.6) is 0 Å². The summed E-state index contributed by atoms with van der Waals surface area (Å²) in [5.41, 5.74) is 3.15. The highest BCUT2D eigenvalue weighted by atomic mass is 35.5. The van der Waals surface area contributed by atoms with E-state index >= 15 is 0 Å². The van der Waals surface area contributed by atoms with Gasteiger partial charge in [0.05, 0.1) is 19.2 Å². The minimum atomic E-state index is -1.31. The Kier molecular flexibility index (Phi) is 10.7. The molecule has 1 aliphatic heterocycles. The van der Waals surface area contributed by atoms with Crippen LogP contribution in [0.4, 0.5) is 0 Å². The highest BCUT2D eigenvalue weighted by molar-refractivity contribution is 6.35. The van der Waals surface area contributed by atoms with Gasteiger partial charge in [0.25, 0.3) is 5.91 Å². The standard InChI is InChI=1S/C37H33Cl4N5O2/c38-29-13-11-27(32(40)21-29)15-18-42-36(48)37(34-24-43-46(44-34)20-16-28-12-14-30(39)22-33(28)41)23-35(47)45(37)19-17-31(25-7-3-1-4-8-25)26-9-5-2-6-10-26/h1-14,21-22,24,31H,15-20,23H2,(H,42,48)/t37-/m1/s1. The first-order valence-corrected chi connectivity index (χ1v) is 17.2. The second-order valence-corrected chi connectivity index (χ2v) is 13.5. The van der Waals surface area contributed by atoms with E-state index in [9.17, 15) is 9.59 Å². The van der Waals surface area contributed by atoms with Gasteiger partial charge in [-0.1, -0.05) is 119 Å². The van der Waals surface area contributed by atoms with Gasteiger partial charge in [-0.3, -0.25) is 9.59 Å². The van der Waals surface area contributed by atoms with Gasteiger partial charge in [0.15, 0.2) is 5.54 Å². The Morgan fingerprint density at radius 2 is 1.38 bits per heavy atom. The molecule has 2 heterocycles. The maximum Gasteiger partial charge on any atom is 0.252 e. The Labute approximate surface area is 299 Å². The van der Waals surface area contributed by atoms with Crippen LogP contribution < -0.4 is 5.32 Å². The summed E-state index contributed by atoms with van der Waals surface area (Å²) in [4.78, 5) is 30.8. The molecule has 1 atom stereocenters. The third-order valence-corrected chi connectivity index (χ3v) is 10.0. The van der Waals surface area contributed by atoms with Crippen molar-refractivity contribution in [1.29, 1.82) is 0 Å². The van der Waals surface area contributed by atoms with Gasteiger partial charge in [-0.05, 0) is 65.8 Å². The van der Waals surface area contributed by atoms with Crippen molar-refractivity contribution >= 4 is 58.2 Å². The van der Waals surface area contributed by atoms with Crippen LogP contribution in [0.15, 0.2) is 103 Å². The third kappa shape index (κ3) is 7.40. The normalized spacial score (nSPS) is 15.9. The zero-order valence-electron chi connectivity index (χ0n) is 26.0. The number of nitrogens with zero attached hydrogens (tertiary/aromatic N) is 4. The average Bonchev–Trinajstić information content (AvgIpc) is 3.55. The van der Waals surface area contributed by atoms with Crippen molar-refractivity contribution in [1.82, 2.24) is 25.2 Å². The Morgan fingerprint density at radius 3 is 1.94 bits per heavy atom. The van der Waals surface area contributed by atoms with Crippen molar-refractivity contribution in [2.75, 3.05) is 13.1 Å². The Balaban J connectivity index is 1.25. The van der Waals surface area contributed by atoms with Crippen molar-refractivity contribution in [3.63, 3.8) is 0 Å². The van der Waals surface area contributed by atoms with Crippen molar-refractivity contribution in [3.8, 4) is 0 Å². The lowest BCUT2D eigenvalue weighted by Gasteiger charge is -2.49. The van der Waals surface area contributed by atoms with E-state index < -0.39 is 5.54 Å². The predicted molar refractivity (Wildman–Crippen MR) is 191 cm³/mol. The van der Waals surface area contributed by atoms with E-state index in [4.69, 9.17) is 51.5 Å². The molecule has 0 bridgehead atoms. The Bertz CT molecular complexity index is 1860. The minimum Gasteiger partial charge on any atom is -0.353 e. The number of rotatable bonds is 13. The van der Waals surface area contributed by atoms with Crippen molar-refractivity contribution in [2.45, 2.75) is 43.7 Å². The van der Waals surface area contributed by atoms with E-state index in [-0.39, 0.29) is 24.2 Å². The number of hydrogen-bond donors (Lipinski definition) is 1. The monoisotopic (exact) mass is 719 g/mol. The molecule has 0 unspecified atom stereocenters. The molecule has 6 rings (SSSR count). The van der Waals surface area contributed by atoms with Gasteiger partial charge in [-0.2, -0.15) is 15.0 Å². The average molecular weight is 722 g/mol. The zero-order chi connectivity index (χ0) is 33.7. The van der Waals surface area contributed by atoms with Crippen molar-refractivity contribution in [2.24, 2.45) is 0 Å². The fraction of sp³-hybridized carbons (Fsp3) is 0.243. The first-order valence-electron chi connectivity index (χ1n) is 15.7. The molecule has 1 aromatic heterocycles. The molecule has 0 saturated carbocycles. The number of carbonyl (C=O) groups excluding carboxylic acids is 2. The molecule has 4 aromatic carbocycles. The summed E-state index contributed by atoms with van der Waals surface area (Å²) in [5, 5.41) is 14.5. The van der Waals surface area contributed by atoms with E-state index in [0.29, 0.717) is 64.7 Å². The summed E-state index contributed by atoms with van der Waals surface area (Å²) in [6.07, 6.45) is 3.24. The van der Waals surface area contributed by atoms with E-state index in [1.165, 1.54) is 0 Å². The molecule has 1 aliphatic rings. The lowest BCUT2D eigenvalue weighted by atomic mass is 9.78. The number of β-lactam (4-membered cyclic amide) rings is 1. The summed E-state index contributed by atoms with van der Waals surface area (Å²) in [6, 6.07) is 31.1. The second-order valence-electron chi connectivity index (χ2n) is 11.8. The molecule has 11 heteroatoms. The van der Waals surface area contributed by atoms with Gasteiger partial charge in [0.2, 0.25) is 5.91 Å². The lowest BCUT2D eigenvalue weighted by Crippen LogP contribution is -2.68. The van der Waals surface area contributed by atoms with E-state index in [1.807, 2.05) is 48.5 Å². The second kappa shape index (κ2) is 15.1. The van der Waals surface area contributed by atoms with E-state index in [2.05, 4.69) is 34.7 Å². The summed E-state index contributed by atoms with van der Waals surface area (Å²) in [7, 11) is 0. The van der Waals surface area contributed by atoms with Crippen LogP contribution in [-0.4, -0.2) is 44.8 Å². The largest absolute Gasteiger partial charge is 0.353 e. The Morgan fingerprint density at radius 1 is 0.792 bits per heavy atom. The molecule has 5 aromatic rings. The molecular formula is C37H33Cl4N5O2. The summed E-state index contributed by atoms with van der Waals surface area (Å²) in [5.74, 6) is -0.405. The molecule has 1 N–H and O–H groups in total. The first kappa shape index (κ1) is 34.0. The van der Waals surface area contributed by atoms with Crippen molar-refractivity contribution < 1.29 is 9.59 Å². The summed E-state index contributed by atoms with van der Waals surface area (Å²) >= 11 is 24.9. The highest BCUT2D eigenvalue weighted by Gasteiger charge is 2.59. The quantitative estimate of drug-likeness (QED) is 0.125. The molecule has 246 valence electrons. The van der Waals surface area contributed by atoms with Crippen LogP contribution in [0, 0.1) is 0 Å². The van der Waals surface area contributed by atoms with Crippen LogP contribution in [0.1, 0.15) is 46.7 Å². The summed E-state index contributed by atoms with van der Waals surface area (Å²) in [6.45, 7) is 1.08. The number of aromatic nitrogens is 3. The van der Waals surface area contributed by atoms with Gasteiger partial charge in [-0.15, -0.1) is 0 Å². The number of nitrogens with one attached hydrogen (secondary N) is 1. The Hall–Kier alpha value is -3.88.